The van der Waals surface area contributed by atoms with Gasteiger partial charge in [0.25, 0.3) is 0 Å². The number of nitrogens with one attached hydrogen (secondary N) is 3. The molecule has 186 valence electrons. The average Bonchev–Trinajstić information content (AvgIpc) is 3.22. The fourth-order valence-corrected chi connectivity index (χ4v) is 4.81. The second kappa shape index (κ2) is 9.31. The van der Waals surface area contributed by atoms with Crippen LogP contribution in [0.2, 0.25) is 0 Å². The first-order valence-electron chi connectivity index (χ1n) is 12.2. The molecule has 3 aliphatic rings. The lowest BCUT2D eigenvalue weighted by molar-refractivity contribution is -0.117. The van der Waals surface area contributed by atoms with E-state index in [-0.39, 0.29) is 47.5 Å². The molecule has 2 heterocycles. The van der Waals surface area contributed by atoms with E-state index in [4.69, 9.17) is 4.74 Å². The molecule has 3 amide bonds. The summed E-state index contributed by atoms with van der Waals surface area (Å²) < 4.78 is 20.1. The SMILES string of the molecule is CC1(NC(=O)O[C@@H]2CC[C@H](c3cc(NC(=O)Cc4ccc(N5CCCC5=O)cc4F)n[nH]3)C2)CC1. The van der Waals surface area contributed by atoms with E-state index in [0.717, 1.165) is 37.8 Å². The number of rotatable bonds is 7. The molecule has 2 aliphatic carbocycles. The third-order valence-electron chi connectivity index (χ3n) is 7.14. The van der Waals surface area contributed by atoms with Gasteiger partial charge in [0.15, 0.2) is 5.82 Å². The van der Waals surface area contributed by atoms with Gasteiger partial charge in [-0.2, -0.15) is 5.10 Å². The average molecular weight is 484 g/mol. The minimum Gasteiger partial charge on any atom is -0.446 e. The molecule has 0 radical (unpaired) electrons. The number of hydrogen-bond acceptors (Lipinski definition) is 5. The molecule has 2 atom stereocenters. The Morgan fingerprint density at radius 1 is 1.29 bits per heavy atom. The van der Waals surface area contributed by atoms with Gasteiger partial charge >= 0.3 is 6.09 Å². The van der Waals surface area contributed by atoms with Crippen LogP contribution in [-0.2, 0) is 20.7 Å². The standard InChI is InChI=1S/C25H30FN5O4/c1-25(8-9-25)28-24(34)35-18-7-5-16(11-18)20-14-21(30-29-20)27-22(32)12-15-4-6-17(13-19(15)26)31-10-2-3-23(31)33/h4,6,13-14,16,18H,2-3,5,7-12H2,1H3,(H,28,34)(H2,27,29,30,32)/t16-,18+/m0/s1. The Morgan fingerprint density at radius 3 is 2.83 bits per heavy atom. The number of carbonyl (C=O) groups excluding carboxylic acids is 3. The van der Waals surface area contributed by atoms with Crippen molar-refractivity contribution in [1.82, 2.24) is 15.5 Å². The lowest BCUT2D eigenvalue weighted by atomic mass is 10.0. The number of anilines is 2. The molecule has 3 N–H and O–H groups in total. The summed E-state index contributed by atoms with van der Waals surface area (Å²) in [4.78, 5) is 38.0. The summed E-state index contributed by atoms with van der Waals surface area (Å²) in [6, 6.07) is 6.30. The molecular formula is C25H30FN5O4. The maximum atomic E-state index is 14.6. The van der Waals surface area contributed by atoms with Crippen molar-refractivity contribution in [1.29, 1.82) is 0 Å². The maximum Gasteiger partial charge on any atom is 0.407 e. The summed E-state index contributed by atoms with van der Waals surface area (Å²) in [6.07, 6.45) is 4.86. The molecule has 1 aromatic heterocycles. The van der Waals surface area contributed by atoms with Crippen molar-refractivity contribution in [3.05, 3.63) is 41.3 Å². The van der Waals surface area contributed by atoms with Crippen molar-refractivity contribution in [2.45, 2.75) is 75.9 Å². The van der Waals surface area contributed by atoms with E-state index >= 15 is 0 Å². The van der Waals surface area contributed by atoms with Crippen LogP contribution >= 0.6 is 0 Å². The van der Waals surface area contributed by atoms with E-state index in [0.29, 0.717) is 30.9 Å². The molecule has 0 unspecified atom stereocenters. The zero-order chi connectivity index (χ0) is 24.6. The molecule has 10 heteroatoms. The summed E-state index contributed by atoms with van der Waals surface area (Å²) in [5, 5.41) is 12.7. The summed E-state index contributed by atoms with van der Waals surface area (Å²) in [6.45, 7) is 2.59. The van der Waals surface area contributed by atoms with E-state index in [2.05, 4.69) is 20.8 Å². The lowest BCUT2D eigenvalue weighted by Gasteiger charge is -2.16. The first-order chi connectivity index (χ1) is 16.8. The highest BCUT2D eigenvalue weighted by Gasteiger charge is 2.40. The van der Waals surface area contributed by atoms with Crippen LogP contribution in [0.5, 0.6) is 0 Å². The Hall–Kier alpha value is -3.43. The molecule has 0 bridgehead atoms. The second-order valence-electron chi connectivity index (χ2n) is 10.1. The quantitative estimate of drug-likeness (QED) is 0.554. The van der Waals surface area contributed by atoms with Crippen LogP contribution in [0, 0.1) is 5.82 Å². The normalized spacial score (nSPS) is 22.8. The molecule has 1 saturated heterocycles. The Balaban J connectivity index is 1.12. The largest absolute Gasteiger partial charge is 0.446 e. The minimum absolute atomic E-state index is 0.0137. The zero-order valence-corrected chi connectivity index (χ0v) is 19.7. The number of halogens is 1. The van der Waals surface area contributed by atoms with Gasteiger partial charge in [0.1, 0.15) is 11.9 Å². The number of hydrogen-bond donors (Lipinski definition) is 3. The van der Waals surface area contributed by atoms with Crippen LogP contribution in [0.4, 0.5) is 20.7 Å². The van der Waals surface area contributed by atoms with Crippen molar-refractivity contribution in [3.8, 4) is 0 Å². The van der Waals surface area contributed by atoms with Crippen molar-refractivity contribution in [2.24, 2.45) is 0 Å². The number of aromatic amines is 1. The number of amides is 3. The molecule has 1 aliphatic heterocycles. The summed E-state index contributed by atoms with van der Waals surface area (Å²) in [7, 11) is 0. The van der Waals surface area contributed by atoms with Gasteiger partial charge in [-0.1, -0.05) is 6.07 Å². The van der Waals surface area contributed by atoms with Crippen molar-refractivity contribution in [2.75, 3.05) is 16.8 Å². The predicted molar refractivity (Wildman–Crippen MR) is 127 cm³/mol. The van der Waals surface area contributed by atoms with Crippen LogP contribution in [0.15, 0.2) is 24.3 Å². The van der Waals surface area contributed by atoms with Crippen LogP contribution in [0.3, 0.4) is 0 Å². The fraction of sp³-hybridized carbons (Fsp3) is 0.520. The lowest BCUT2D eigenvalue weighted by Crippen LogP contribution is -2.36. The van der Waals surface area contributed by atoms with Gasteiger partial charge in [-0.25, -0.2) is 9.18 Å². The first kappa shape index (κ1) is 23.3. The minimum atomic E-state index is -0.517. The fourth-order valence-electron chi connectivity index (χ4n) is 4.81. The molecule has 3 fully saturated rings. The molecule has 2 saturated carbocycles. The topological polar surface area (TPSA) is 116 Å². The Kier molecular flexibility index (Phi) is 6.21. The van der Waals surface area contributed by atoms with Crippen LogP contribution in [0.1, 0.15) is 69.0 Å². The number of nitrogens with zero attached hydrogens (tertiary/aromatic N) is 2. The van der Waals surface area contributed by atoms with Gasteiger partial charge in [0, 0.05) is 41.9 Å². The van der Waals surface area contributed by atoms with Gasteiger partial charge in [0.05, 0.1) is 6.42 Å². The number of alkyl carbamates (subject to hydrolysis) is 1. The number of carbonyl (C=O) groups is 3. The summed E-state index contributed by atoms with van der Waals surface area (Å²) in [5.74, 6) is -0.393. The second-order valence-corrected chi connectivity index (χ2v) is 10.1. The Labute approximate surface area is 202 Å². The third kappa shape index (κ3) is 5.47. The van der Waals surface area contributed by atoms with Gasteiger partial charge in [-0.15, -0.1) is 0 Å². The molecule has 5 rings (SSSR count). The number of ether oxygens (including phenoxy) is 1. The first-order valence-corrected chi connectivity index (χ1v) is 12.2. The van der Waals surface area contributed by atoms with E-state index in [1.165, 1.54) is 6.07 Å². The van der Waals surface area contributed by atoms with Crippen molar-refractivity contribution in [3.63, 3.8) is 0 Å². The highest BCUT2D eigenvalue weighted by atomic mass is 19.1. The van der Waals surface area contributed by atoms with E-state index in [1.54, 1.807) is 23.1 Å². The molecule has 0 spiro atoms. The van der Waals surface area contributed by atoms with Gasteiger partial charge in [-0.3, -0.25) is 14.7 Å². The molecule has 1 aromatic carbocycles. The predicted octanol–water partition coefficient (Wildman–Crippen LogP) is 3.77. The smallest absolute Gasteiger partial charge is 0.407 e. The molecule has 35 heavy (non-hydrogen) atoms. The maximum absolute atomic E-state index is 14.6. The van der Waals surface area contributed by atoms with Gasteiger partial charge in [-0.05, 0) is 63.1 Å². The van der Waals surface area contributed by atoms with E-state index < -0.39 is 5.82 Å². The highest BCUT2D eigenvalue weighted by molar-refractivity contribution is 5.95. The van der Waals surface area contributed by atoms with Gasteiger partial charge < -0.3 is 20.3 Å². The highest BCUT2D eigenvalue weighted by Crippen LogP contribution is 2.37. The molecular weight excluding hydrogens is 453 g/mol. The summed E-state index contributed by atoms with van der Waals surface area (Å²) >= 11 is 0. The van der Waals surface area contributed by atoms with Crippen molar-refractivity contribution >= 4 is 29.4 Å². The third-order valence-corrected chi connectivity index (χ3v) is 7.14. The Bertz CT molecular complexity index is 1140. The number of aromatic nitrogens is 2. The van der Waals surface area contributed by atoms with Crippen molar-refractivity contribution < 1.29 is 23.5 Å². The Morgan fingerprint density at radius 2 is 2.11 bits per heavy atom. The number of H-pyrrole nitrogens is 1. The van der Waals surface area contributed by atoms with Crippen LogP contribution < -0.4 is 15.5 Å². The zero-order valence-electron chi connectivity index (χ0n) is 19.7. The molecule has 2 aromatic rings. The monoisotopic (exact) mass is 483 g/mol. The van der Waals surface area contributed by atoms with E-state index in [1.807, 2.05) is 6.92 Å². The molecule has 9 nitrogen and oxygen atoms in total. The number of benzene rings is 1. The summed E-state index contributed by atoms with van der Waals surface area (Å²) in [5.41, 5.74) is 1.53. The van der Waals surface area contributed by atoms with Gasteiger partial charge in [0.2, 0.25) is 11.8 Å². The van der Waals surface area contributed by atoms with Crippen LogP contribution in [0.25, 0.3) is 0 Å². The van der Waals surface area contributed by atoms with E-state index in [9.17, 15) is 18.8 Å². The van der Waals surface area contributed by atoms with Crippen LogP contribution in [-0.4, -0.2) is 46.3 Å².